The molecule has 4 aliphatic heterocycles. The van der Waals surface area contributed by atoms with Crippen molar-refractivity contribution in [3.63, 3.8) is 0 Å². The summed E-state index contributed by atoms with van der Waals surface area (Å²) < 4.78 is 40.0. The summed E-state index contributed by atoms with van der Waals surface area (Å²) in [7, 11) is 0. The lowest BCUT2D eigenvalue weighted by molar-refractivity contribution is -0.137. The molecule has 2 aromatic carbocycles. The van der Waals surface area contributed by atoms with Gasteiger partial charge in [0.25, 0.3) is 0 Å². The molecule has 0 radical (unpaired) electrons. The van der Waals surface area contributed by atoms with E-state index >= 15 is 0 Å². The van der Waals surface area contributed by atoms with Gasteiger partial charge in [-0.25, -0.2) is 4.90 Å². The first-order chi connectivity index (χ1) is 16.2. The highest BCUT2D eigenvalue weighted by Crippen LogP contribution is 2.60. The van der Waals surface area contributed by atoms with Gasteiger partial charge in [0.15, 0.2) is 0 Å². The molecule has 0 aliphatic carbocycles. The van der Waals surface area contributed by atoms with E-state index in [2.05, 4.69) is 5.32 Å². The molecule has 4 heterocycles. The second-order valence-corrected chi connectivity index (χ2v) is 9.42. The second kappa shape index (κ2) is 6.91. The van der Waals surface area contributed by atoms with Crippen molar-refractivity contribution >= 4 is 29.1 Å². The summed E-state index contributed by atoms with van der Waals surface area (Å²) in [6, 6.07) is 9.61. The van der Waals surface area contributed by atoms with Crippen molar-refractivity contribution in [2.24, 2.45) is 11.8 Å². The van der Waals surface area contributed by atoms with Crippen molar-refractivity contribution in [3.8, 4) is 0 Å². The number of hydrogen-bond acceptors (Lipinski definition) is 4. The number of nitrogens with one attached hydrogen (secondary N) is 1. The molecule has 0 unspecified atom stereocenters. The van der Waals surface area contributed by atoms with Crippen LogP contribution in [0.25, 0.3) is 0 Å². The van der Waals surface area contributed by atoms with E-state index in [4.69, 9.17) is 0 Å². The van der Waals surface area contributed by atoms with Crippen LogP contribution in [0.1, 0.15) is 36.5 Å². The largest absolute Gasteiger partial charge is 0.416 e. The van der Waals surface area contributed by atoms with Crippen LogP contribution < -0.4 is 10.2 Å². The molecule has 3 fully saturated rings. The zero-order chi connectivity index (χ0) is 24.0. The molecule has 1 N–H and O–H groups in total. The number of rotatable bonds is 2. The first-order valence-corrected chi connectivity index (χ1v) is 11.5. The van der Waals surface area contributed by atoms with Crippen molar-refractivity contribution in [1.29, 1.82) is 0 Å². The maximum Gasteiger partial charge on any atom is 0.416 e. The molecular formula is C25H22F3N3O3. The van der Waals surface area contributed by atoms with Crippen LogP contribution in [0.15, 0.2) is 42.5 Å². The van der Waals surface area contributed by atoms with Crippen LogP contribution in [0.5, 0.6) is 0 Å². The molecule has 0 saturated carbocycles. The third-order valence-electron chi connectivity index (χ3n) is 7.90. The van der Waals surface area contributed by atoms with Crippen LogP contribution >= 0.6 is 0 Å². The number of amides is 3. The molecule has 176 valence electrons. The van der Waals surface area contributed by atoms with Crippen molar-refractivity contribution in [2.75, 3.05) is 16.8 Å². The number of anilines is 2. The lowest BCUT2D eigenvalue weighted by Crippen LogP contribution is -2.54. The van der Waals surface area contributed by atoms with Gasteiger partial charge in [-0.15, -0.1) is 0 Å². The molecule has 3 saturated heterocycles. The normalized spacial score (nSPS) is 30.2. The summed E-state index contributed by atoms with van der Waals surface area (Å²) in [6.07, 6.45) is -2.45. The SMILES string of the molecule is CCc1ccc2c(c1)[C@]1(C(=O)N2)[C@@H]2C(=O)N(c3cccc(C(F)(F)F)c3)C(=O)[C@H]2[C@@H]2CCCN21. The van der Waals surface area contributed by atoms with Crippen LogP contribution in [0.2, 0.25) is 0 Å². The number of carbonyl (C=O) groups is 3. The Balaban J connectivity index is 1.52. The summed E-state index contributed by atoms with van der Waals surface area (Å²) in [5, 5.41) is 2.91. The van der Waals surface area contributed by atoms with Crippen molar-refractivity contribution < 1.29 is 27.6 Å². The van der Waals surface area contributed by atoms with Gasteiger partial charge in [0.1, 0.15) is 5.54 Å². The minimum absolute atomic E-state index is 0.111. The highest BCUT2D eigenvalue weighted by Gasteiger charge is 2.74. The molecule has 34 heavy (non-hydrogen) atoms. The maximum absolute atomic E-state index is 13.9. The van der Waals surface area contributed by atoms with E-state index in [-0.39, 0.29) is 17.6 Å². The number of carbonyl (C=O) groups excluding carboxylic acids is 3. The van der Waals surface area contributed by atoms with Gasteiger partial charge in [0.2, 0.25) is 17.7 Å². The number of fused-ring (bicyclic) bond motifs is 7. The van der Waals surface area contributed by atoms with Gasteiger partial charge >= 0.3 is 6.18 Å². The Morgan fingerprint density at radius 3 is 2.62 bits per heavy atom. The Hall–Kier alpha value is -3.20. The van der Waals surface area contributed by atoms with E-state index in [0.29, 0.717) is 24.2 Å². The first-order valence-electron chi connectivity index (χ1n) is 11.5. The minimum atomic E-state index is -4.61. The van der Waals surface area contributed by atoms with E-state index in [0.717, 1.165) is 35.4 Å². The molecule has 9 heteroatoms. The molecule has 4 atom stereocenters. The van der Waals surface area contributed by atoms with Crippen LogP contribution in [-0.4, -0.2) is 35.2 Å². The number of hydrogen-bond donors (Lipinski definition) is 1. The van der Waals surface area contributed by atoms with Crippen LogP contribution in [0, 0.1) is 11.8 Å². The Morgan fingerprint density at radius 2 is 1.88 bits per heavy atom. The topological polar surface area (TPSA) is 69.7 Å². The highest BCUT2D eigenvalue weighted by atomic mass is 19.4. The molecule has 3 amide bonds. The van der Waals surface area contributed by atoms with Gasteiger partial charge in [-0.2, -0.15) is 13.2 Å². The Kier molecular flexibility index (Phi) is 4.34. The number of halogens is 3. The molecule has 6 rings (SSSR count). The van der Waals surface area contributed by atoms with Gasteiger partial charge < -0.3 is 5.32 Å². The Labute approximate surface area is 193 Å². The molecular weight excluding hydrogens is 447 g/mol. The van der Waals surface area contributed by atoms with Gasteiger partial charge in [-0.05, 0) is 55.6 Å². The van der Waals surface area contributed by atoms with Crippen LogP contribution in [0.3, 0.4) is 0 Å². The van der Waals surface area contributed by atoms with E-state index < -0.39 is 40.9 Å². The summed E-state index contributed by atoms with van der Waals surface area (Å²) in [5.41, 5.74) is -0.0821. The van der Waals surface area contributed by atoms with Gasteiger partial charge in [-0.3, -0.25) is 19.3 Å². The quantitative estimate of drug-likeness (QED) is 0.682. The monoisotopic (exact) mass is 469 g/mol. The number of benzene rings is 2. The highest BCUT2D eigenvalue weighted by molar-refractivity contribution is 6.25. The molecule has 6 nitrogen and oxygen atoms in total. The summed E-state index contributed by atoms with van der Waals surface area (Å²) in [5.74, 6) is -3.27. The Morgan fingerprint density at radius 1 is 1.09 bits per heavy atom. The minimum Gasteiger partial charge on any atom is -0.324 e. The van der Waals surface area contributed by atoms with Crippen LogP contribution in [0.4, 0.5) is 24.5 Å². The first kappa shape index (κ1) is 21.3. The fourth-order valence-electron chi connectivity index (χ4n) is 6.55. The molecule has 2 aromatic rings. The fraction of sp³-hybridized carbons (Fsp3) is 0.400. The average molecular weight is 469 g/mol. The van der Waals surface area contributed by atoms with Crippen molar-refractivity contribution in [3.05, 3.63) is 59.2 Å². The standard InChI is InChI=1S/C25H22F3N3O3/c1-2-13-8-9-17-16(11-13)24(23(34)29-17)20-19(18-7-4-10-30(18)24)21(32)31(22(20)33)15-6-3-5-14(12-15)25(26,27)28/h3,5-6,8-9,11-12,18-20H,2,4,7,10H2,1H3,(H,29,34)/t18-,19-,20-,24+/m0/s1. The van der Waals surface area contributed by atoms with Gasteiger partial charge in [-0.1, -0.05) is 25.1 Å². The fourth-order valence-corrected chi connectivity index (χ4v) is 6.55. The Bertz CT molecular complexity index is 1260. The molecule has 0 aromatic heterocycles. The third-order valence-corrected chi connectivity index (χ3v) is 7.90. The molecule has 4 aliphatic rings. The van der Waals surface area contributed by atoms with Crippen LogP contribution in [-0.2, 0) is 32.5 Å². The zero-order valence-electron chi connectivity index (χ0n) is 18.4. The van der Waals surface area contributed by atoms with E-state index in [1.807, 2.05) is 30.0 Å². The number of nitrogens with zero attached hydrogens (tertiary/aromatic N) is 2. The lowest BCUT2D eigenvalue weighted by Gasteiger charge is -2.36. The maximum atomic E-state index is 13.9. The average Bonchev–Trinajstić information content (AvgIpc) is 3.51. The molecule has 1 spiro atoms. The number of alkyl halides is 3. The van der Waals surface area contributed by atoms with Gasteiger partial charge in [0.05, 0.1) is 23.1 Å². The predicted octanol–water partition coefficient (Wildman–Crippen LogP) is 3.70. The summed E-state index contributed by atoms with van der Waals surface area (Å²) in [6.45, 7) is 2.57. The van der Waals surface area contributed by atoms with E-state index in [1.165, 1.54) is 12.1 Å². The van der Waals surface area contributed by atoms with E-state index in [1.54, 1.807) is 0 Å². The van der Waals surface area contributed by atoms with E-state index in [9.17, 15) is 27.6 Å². The second-order valence-electron chi connectivity index (χ2n) is 9.42. The lowest BCUT2D eigenvalue weighted by atomic mass is 9.75. The smallest absolute Gasteiger partial charge is 0.324 e. The van der Waals surface area contributed by atoms with Crippen molar-refractivity contribution in [2.45, 2.75) is 43.9 Å². The number of aryl methyl sites for hydroxylation is 1. The zero-order valence-corrected chi connectivity index (χ0v) is 18.4. The molecule has 0 bridgehead atoms. The third kappa shape index (κ3) is 2.53. The number of imide groups is 1. The summed E-state index contributed by atoms with van der Waals surface area (Å²) >= 11 is 0. The van der Waals surface area contributed by atoms with Gasteiger partial charge in [0, 0.05) is 17.3 Å². The summed E-state index contributed by atoms with van der Waals surface area (Å²) in [4.78, 5) is 44.0. The van der Waals surface area contributed by atoms with Crippen molar-refractivity contribution in [1.82, 2.24) is 4.90 Å². The predicted molar refractivity (Wildman–Crippen MR) is 117 cm³/mol.